The minimum Gasteiger partial charge on any atom is -0.467 e. The van der Waals surface area contributed by atoms with Gasteiger partial charge in [-0.3, -0.25) is 0 Å². The van der Waals surface area contributed by atoms with Crippen LogP contribution in [0, 0.1) is 11.6 Å². The smallest absolute Gasteiger partial charge is 0.322 e. The summed E-state index contributed by atoms with van der Waals surface area (Å²) < 4.78 is 37.6. The first-order valence-corrected chi connectivity index (χ1v) is 7.77. The van der Waals surface area contributed by atoms with E-state index in [9.17, 15) is 13.6 Å². The number of halogens is 2. The van der Waals surface area contributed by atoms with Crippen molar-refractivity contribution in [3.05, 3.63) is 54.0 Å². The van der Waals surface area contributed by atoms with Gasteiger partial charge in [-0.25, -0.2) is 13.6 Å². The summed E-state index contributed by atoms with van der Waals surface area (Å²) in [6.45, 7) is 1.28. The molecule has 1 aliphatic heterocycles. The zero-order valence-electron chi connectivity index (χ0n) is 13.0. The Morgan fingerprint density at radius 3 is 2.88 bits per heavy atom. The SMILES string of the molecule is O=C(Nc1ccc(F)cc1F)N(Cc1ccco1)CC1CCCO1. The van der Waals surface area contributed by atoms with Crippen LogP contribution in [0.15, 0.2) is 41.0 Å². The maximum atomic E-state index is 13.7. The molecule has 0 spiro atoms. The van der Waals surface area contributed by atoms with Crippen molar-refractivity contribution in [3.63, 3.8) is 0 Å². The zero-order chi connectivity index (χ0) is 16.9. The third kappa shape index (κ3) is 4.11. The van der Waals surface area contributed by atoms with Crippen molar-refractivity contribution in [2.24, 2.45) is 0 Å². The Bertz CT molecular complexity index is 685. The molecular formula is C17H18F2N2O3. The molecule has 2 amide bonds. The highest BCUT2D eigenvalue weighted by Crippen LogP contribution is 2.19. The zero-order valence-corrected chi connectivity index (χ0v) is 13.0. The number of benzene rings is 1. The normalized spacial score (nSPS) is 17.0. The van der Waals surface area contributed by atoms with Crippen molar-refractivity contribution >= 4 is 11.7 Å². The molecule has 3 rings (SSSR count). The first-order valence-electron chi connectivity index (χ1n) is 7.77. The molecule has 128 valence electrons. The number of nitrogens with zero attached hydrogens (tertiary/aromatic N) is 1. The molecule has 1 saturated heterocycles. The topological polar surface area (TPSA) is 54.7 Å². The summed E-state index contributed by atoms with van der Waals surface area (Å²) in [6, 6.07) is 6.01. The van der Waals surface area contributed by atoms with E-state index < -0.39 is 17.7 Å². The van der Waals surface area contributed by atoms with E-state index in [1.165, 1.54) is 17.2 Å². The van der Waals surface area contributed by atoms with E-state index in [2.05, 4.69) is 5.32 Å². The van der Waals surface area contributed by atoms with Gasteiger partial charge in [-0.2, -0.15) is 0 Å². The second kappa shape index (κ2) is 7.44. The fraction of sp³-hybridized carbons (Fsp3) is 0.353. The highest BCUT2D eigenvalue weighted by Gasteiger charge is 2.24. The van der Waals surface area contributed by atoms with Crippen LogP contribution in [-0.2, 0) is 11.3 Å². The summed E-state index contributed by atoms with van der Waals surface area (Å²) in [5.41, 5.74) is -0.0711. The van der Waals surface area contributed by atoms with Crippen LogP contribution in [0.5, 0.6) is 0 Å². The Morgan fingerprint density at radius 1 is 1.33 bits per heavy atom. The number of rotatable bonds is 5. The first-order chi connectivity index (χ1) is 11.6. The molecule has 1 atom stereocenters. The second-order valence-corrected chi connectivity index (χ2v) is 5.65. The Hall–Kier alpha value is -2.41. The molecule has 0 bridgehead atoms. The van der Waals surface area contributed by atoms with E-state index in [1.54, 1.807) is 12.1 Å². The highest BCUT2D eigenvalue weighted by atomic mass is 19.1. The first kappa shape index (κ1) is 16.4. The molecule has 1 unspecified atom stereocenters. The predicted molar refractivity (Wildman–Crippen MR) is 83.5 cm³/mol. The molecule has 1 aromatic carbocycles. The van der Waals surface area contributed by atoms with Crippen molar-refractivity contribution in [3.8, 4) is 0 Å². The Morgan fingerprint density at radius 2 is 2.21 bits per heavy atom. The lowest BCUT2D eigenvalue weighted by Gasteiger charge is -2.25. The van der Waals surface area contributed by atoms with Gasteiger partial charge < -0.3 is 19.4 Å². The molecular weight excluding hydrogens is 318 g/mol. The van der Waals surface area contributed by atoms with Gasteiger partial charge in [-0.15, -0.1) is 0 Å². The van der Waals surface area contributed by atoms with Crippen LogP contribution in [0.1, 0.15) is 18.6 Å². The third-order valence-corrected chi connectivity index (χ3v) is 3.83. The van der Waals surface area contributed by atoms with Crippen LogP contribution >= 0.6 is 0 Å². The van der Waals surface area contributed by atoms with E-state index in [1.807, 2.05) is 0 Å². The summed E-state index contributed by atoms with van der Waals surface area (Å²) in [6.07, 6.45) is 3.29. The van der Waals surface area contributed by atoms with Gasteiger partial charge in [0.15, 0.2) is 0 Å². The molecule has 2 heterocycles. The summed E-state index contributed by atoms with van der Waals surface area (Å²) in [7, 11) is 0. The van der Waals surface area contributed by atoms with E-state index in [4.69, 9.17) is 9.15 Å². The van der Waals surface area contributed by atoms with Crippen molar-refractivity contribution in [1.29, 1.82) is 0 Å². The van der Waals surface area contributed by atoms with Gasteiger partial charge in [-0.05, 0) is 37.1 Å². The molecule has 1 aromatic heterocycles. The number of carbonyl (C=O) groups is 1. The fourth-order valence-corrected chi connectivity index (χ4v) is 2.63. The van der Waals surface area contributed by atoms with Gasteiger partial charge in [0.2, 0.25) is 0 Å². The molecule has 7 heteroatoms. The average Bonchev–Trinajstić information content (AvgIpc) is 3.23. The van der Waals surface area contributed by atoms with Crippen LogP contribution in [0.25, 0.3) is 0 Å². The minimum absolute atomic E-state index is 0.0521. The quantitative estimate of drug-likeness (QED) is 0.904. The van der Waals surface area contributed by atoms with Gasteiger partial charge in [0, 0.05) is 19.2 Å². The van der Waals surface area contributed by atoms with E-state index in [0.29, 0.717) is 18.9 Å². The van der Waals surface area contributed by atoms with Gasteiger partial charge in [-0.1, -0.05) is 0 Å². The van der Waals surface area contributed by atoms with Gasteiger partial charge in [0.1, 0.15) is 17.4 Å². The monoisotopic (exact) mass is 336 g/mol. The maximum Gasteiger partial charge on any atom is 0.322 e. The molecule has 0 saturated carbocycles. The van der Waals surface area contributed by atoms with E-state index in [0.717, 1.165) is 25.0 Å². The Kier molecular flexibility index (Phi) is 5.10. The second-order valence-electron chi connectivity index (χ2n) is 5.65. The van der Waals surface area contributed by atoms with Crippen LogP contribution in [-0.4, -0.2) is 30.2 Å². The lowest BCUT2D eigenvalue weighted by molar-refractivity contribution is 0.0802. The van der Waals surface area contributed by atoms with Gasteiger partial charge >= 0.3 is 6.03 Å². The molecule has 0 radical (unpaired) electrons. The van der Waals surface area contributed by atoms with Crippen molar-refractivity contribution in [2.75, 3.05) is 18.5 Å². The Labute approximate surface area is 138 Å². The van der Waals surface area contributed by atoms with Crippen LogP contribution < -0.4 is 5.32 Å². The predicted octanol–water partition coefficient (Wildman–Crippen LogP) is 3.77. The number of amides is 2. The van der Waals surface area contributed by atoms with Crippen molar-refractivity contribution in [2.45, 2.75) is 25.5 Å². The number of hydrogen-bond acceptors (Lipinski definition) is 3. The molecule has 24 heavy (non-hydrogen) atoms. The molecule has 1 fully saturated rings. The van der Waals surface area contributed by atoms with E-state index in [-0.39, 0.29) is 18.3 Å². The number of carbonyl (C=O) groups excluding carboxylic acids is 1. The number of nitrogens with one attached hydrogen (secondary N) is 1. The fourth-order valence-electron chi connectivity index (χ4n) is 2.63. The van der Waals surface area contributed by atoms with Crippen LogP contribution in [0.3, 0.4) is 0 Å². The third-order valence-electron chi connectivity index (χ3n) is 3.83. The summed E-state index contributed by atoms with van der Waals surface area (Å²) in [5.74, 6) is -0.904. The molecule has 1 aliphatic rings. The summed E-state index contributed by atoms with van der Waals surface area (Å²) >= 11 is 0. The minimum atomic E-state index is -0.821. The molecule has 0 aliphatic carbocycles. The largest absolute Gasteiger partial charge is 0.467 e. The molecule has 1 N–H and O–H groups in total. The highest BCUT2D eigenvalue weighted by molar-refractivity contribution is 5.89. The summed E-state index contributed by atoms with van der Waals surface area (Å²) in [5, 5.41) is 2.47. The molecule has 2 aromatic rings. The Balaban J connectivity index is 1.71. The number of furan rings is 1. The molecule has 5 nitrogen and oxygen atoms in total. The lowest BCUT2D eigenvalue weighted by Crippen LogP contribution is -2.39. The van der Waals surface area contributed by atoms with Gasteiger partial charge in [0.25, 0.3) is 0 Å². The number of hydrogen-bond donors (Lipinski definition) is 1. The number of ether oxygens (including phenoxy) is 1. The van der Waals surface area contributed by atoms with E-state index >= 15 is 0 Å². The van der Waals surface area contributed by atoms with Crippen LogP contribution in [0.2, 0.25) is 0 Å². The maximum absolute atomic E-state index is 13.7. The van der Waals surface area contributed by atoms with Crippen molar-refractivity contribution < 1.29 is 22.7 Å². The number of urea groups is 1. The van der Waals surface area contributed by atoms with Gasteiger partial charge in [0.05, 0.1) is 24.6 Å². The standard InChI is InChI=1S/C17H18F2N2O3/c18-12-5-6-16(15(19)9-12)20-17(22)21(10-13-3-1-7-23-13)11-14-4-2-8-24-14/h1,3,5-7,9,14H,2,4,8,10-11H2,(H,20,22). The van der Waals surface area contributed by atoms with Crippen LogP contribution in [0.4, 0.5) is 19.3 Å². The summed E-state index contributed by atoms with van der Waals surface area (Å²) in [4.78, 5) is 14.0. The number of anilines is 1. The lowest BCUT2D eigenvalue weighted by atomic mass is 10.2. The van der Waals surface area contributed by atoms with Crippen molar-refractivity contribution in [1.82, 2.24) is 4.90 Å². The average molecular weight is 336 g/mol.